The first-order chi connectivity index (χ1) is 8.16. The maximum absolute atomic E-state index is 8.30. The number of nitrogens with one attached hydrogen (secondary N) is 1. The van der Waals surface area contributed by atoms with E-state index in [9.17, 15) is 0 Å². The highest BCUT2D eigenvalue weighted by Gasteiger charge is 2.27. The highest BCUT2D eigenvalue weighted by Crippen LogP contribution is 2.28. The van der Waals surface area contributed by atoms with Gasteiger partial charge in [-0.3, -0.25) is 5.41 Å². The zero-order valence-corrected chi connectivity index (χ0v) is 11.4. The first kappa shape index (κ1) is 12.9. The van der Waals surface area contributed by atoms with Crippen LogP contribution in [0.1, 0.15) is 38.5 Å². The predicted molar refractivity (Wildman–Crippen MR) is 72.5 cm³/mol. The van der Waals surface area contributed by atoms with E-state index in [0.29, 0.717) is 5.92 Å². The Labute approximate surface area is 106 Å². The average Bonchev–Trinajstić information content (AvgIpc) is 2.82. The van der Waals surface area contributed by atoms with Gasteiger partial charge in [-0.2, -0.15) is 0 Å². The van der Waals surface area contributed by atoms with Crippen LogP contribution in [0, 0.1) is 17.2 Å². The Morgan fingerprint density at radius 2 is 1.71 bits per heavy atom. The van der Waals surface area contributed by atoms with Crippen molar-refractivity contribution in [3.05, 3.63) is 0 Å². The SMILES string of the molecule is CN(C)CC1CCN(C(=N)C2CCCC2)CC1. The molecule has 0 radical (unpaired) electrons. The summed E-state index contributed by atoms with van der Waals surface area (Å²) in [5.41, 5.74) is 0. The Morgan fingerprint density at radius 3 is 2.24 bits per heavy atom. The third-order valence-electron chi connectivity index (χ3n) is 4.32. The summed E-state index contributed by atoms with van der Waals surface area (Å²) in [5, 5.41) is 8.30. The maximum atomic E-state index is 8.30. The van der Waals surface area contributed by atoms with Crippen molar-refractivity contribution in [2.45, 2.75) is 38.5 Å². The molecule has 0 amide bonds. The van der Waals surface area contributed by atoms with E-state index in [1.165, 1.54) is 45.1 Å². The topological polar surface area (TPSA) is 30.3 Å². The minimum absolute atomic E-state index is 0.584. The Kier molecular flexibility index (Phi) is 4.43. The number of nitrogens with zero attached hydrogens (tertiary/aromatic N) is 2. The molecule has 1 heterocycles. The normalized spacial score (nSPS) is 23.6. The van der Waals surface area contributed by atoms with E-state index in [2.05, 4.69) is 23.9 Å². The summed E-state index contributed by atoms with van der Waals surface area (Å²) in [5.74, 6) is 2.38. The molecule has 3 nitrogen and oxygen atoms in total. The molecular formula is C14H27N3. The molecule has 1 aliphatic carbocycles. The lowest BCUT2D eigenvalue weighted by atomic mass is 9.95. The van der Waals surface area contributed by atoms with E-state index in [1.54, 1.807) is 0 Å². The van der Waals surface area contributed by atoms with Crippen molar-refractivity contribution in [2.75, 3.05) is 33.7 Å². The molecule has 2 fully saturated rings. The third kappa shape index (κ3) is 3.44. The molecular weight excluding hydrogens is 210 g/mol. The van der Waals surface area contributed by atoms with Gasteiger partial charge in [-0.1, -0.05) is 12.8 Å². The zero-order chi connectivity index (χ0) is 12.3. The van der Waals surface area contributed by atoms with Gasteiger partial charge in [-0.05, 0) is 45.7 Å². The van der Waals surface area contributed by atoms with Crippen LogP contribution in [0.15, 0.2) is 0 Å². The van der Waals surface area contributed by atoms with Crippen molar-refractivity contribution in [2.24, 2.45) is 11.8 Å². The van der Waals surface area contributed by atoms with Gasteiger partial charge in [0.25, 0.3) is 0 Å². The lowest BCUT2D eigenvalue weighted by Crippen LogP contribution is -2.42. The first-order valence-electron chi connectivity index (χ1n) is 7.15. The summed E-state index contributed by atoms with van der Waals surface area (Å²) < 4.78 is 0. The smallest absolute Gasteiger partial charge is 0.0989 e. The zero-order valence-electron chi connectivity index (χ0n) is 11.4. The fourth-order valence-corrected chi connectivity index (χ4v) is 3.33. The van der Waals surface area contributed by atoms with Gasteiger partial charge >= 0.3 is 0 Å². The van der Waals surface area contributed by atoms with Crippen molar-refractivity contribution in [3.63, 3.8) is 0 Å². The van der Waals surface area contributed by atoms with Crippen LogP contribution < -0.4 is 0 Å². The van der Waals surface area contributed by atoms with E-state index in [4.69, 9.17) is 5.41 Å². The van der Waals surface area contributed by atoms with Crippen molar-refractivity contribution in [1.29, 1.82) is 5.41 Å². The van der Waals surface area contributed by atoms with E-state index in [-0.39, 0.29) is 0 Å². The maximum Gasteiger partial charge on any atom is 0.0989 e. The average molecular weight is 237 g/mol. The van der Waals surface area contributed by atoms with Gasteiger partial charge in [-0.25, -0.2) is 0 Å². The number of piperidine rings is 1. The van der Waals surface area contributed by atoms with Gasteiger partial charge in [0.2, 0.25) is 0 Å². The summed E-state index contributed by atoms with van der Waals surface area (Å²) in [6, 6.07) is 0. The molecule has 1 N–H and O–H groups in total. The molecule has 17 heavy (non-hydrogen) atoms. The van der Waals surface area contributed by atoms with Crippen LogP contribution in [0.2, 0.25) is 0 Å². The highest BCUT2D eigenvalue weighted by molar-refractivity contribution is 5.82. The van der Waals surface area contributed by atoms with Crippen LogP contribution in [-0.2, 0) is 0 Å². The Hall–Kier alpha value is -0.570. The van der Waals surface area contributed by atoms with E-state index < -0.39 is 0 Å². The summed E-state index contributed by atoms with van der Waals surface area (Å²) in [7, 11) is 4.32. The number of hydrogen-bond acceptors (Lipinski definition) is 2. The van der Waals surface area contributed by atoms with Crippen LogP contribution in [0.5, 0.6) is 0 Å². The van der Waals surface area contributed by atoms with Crippen LogP contribution >= 0.6 is 0 Å². The number of amidine groups is 1. The highest BCUT2D eigenvalue weighted by atomic mass is 15.2. The van der Waals surface area contributed by atoms with Crippen LogP contribution in [0.3, 0.4) is 0 Å². The molecule has 0 aromatic carbocycles. The Balaban J connectivity index is 1.76. The van der Waals surface area contributed by atoms with Gasteiger partial charge in [0.15, 0.2) is 0 Å². The largest absolute Gasteiger partial charge is 0.360 e. The molecule has 98 valence electrons. The molecule has 2 rings (SSSR count). The van der Waals surface area contributed by atoms with Crippen molar-refractivity contribution >= 4 is 5.84 Å². The molecule has 0 bridgehead atoms. The monoisotopic (exact) mass is 237 g/mol. The molecule has 3 heteroatoms. The molecule has 0 aromatic heterocycles. The first-order valence-corrected chi connectivity index (χ1v) is 7.15. The molecule has 0 atom stereocenters. The van der Waals surface area contributed by atoms with Gasteiger partial charge in [-0.15, -0.1) is 0 Å². The van der Waals surface area contributed by atoms with Gasteiger partial charge < -0.3 is 9.80 Å². The van der Waals surface area contributed by atoms with E-state index >= 15 is 0 Å². The van der Waals surface area contributed by atoms with Crippen LogP contribution in [-0.4, -0.2) is 49.4 Å². The lowest BCUT2D eigenvalue weighted by Gasteiger charge is -2.36. The Bertz CT molecular complexity index is 248. The van der Waals surface area contributed by atoms with Crippen molar-refractivity contribution < 1.29 is 0 Å². The van der Waals surface area contributed by atoms with Crippen molar-refractivity contribution in [3.8, 4) is 0 Å². The molecule has 0 aromatic rings. The number of hydrogen-bond donors (Lipinski definition) is 1. The summed E-state index contributed by atoms with van der Waals surface area (Å²) in [4.78, 5) is 4.64. The predicted octanol–water partition coefficient (Wildman–Crippen LogP) is 2.43. The molecule has 0 spiro atoms. The van der Waals surface area contributed by atoms with Gasteiger partial charge in [0.1, 0.15) is 0 Å². The van der Waals surface area contributed by atoms with E-state index in [1.807, 2.05) is 0 Å². The second-order valence-electron chi connectivity index (χ2n) is 6.06. The quantitative estimate of drug-likeness (QED) is 0.603. The summed E-state index contributed by atoms with van der Waals surface area (Å²) in [6.07, 6.45) is 7.74. The second-order valence-corrected chi connectivity index (χ2v) is 6.06. The van der Waals surface area contributed by atoms with Gasteiger partial charge in [0, 0.05) is 25.6 Å². The molecule has 1 aliphatic heterocycles. The Morgan fingerprint density at radius 1 is 1.12 bits per heavy atom. The lowest BCUT2D eigenvalue weighted by molar-refractivity contribution is 0.213. The molecule has 0 unspecified atom stereocenters. The van der Waals surface area contributed by atoms with Crippen LogP contribution in [0.25, 0.3) is 0 Å². The minimum atomic E-state index is 0.584. The molecule has 2 aliphatic rings. The summed E-state index contributed by atoms with van der Waals surface area (Å²) in [6.45, 7) is 3.45. The third-order valence-corrected chi connectivity index (χ3v) is 4.32. The standard InChI is InChI=1S/C14H27N3/c1-16(2)11-12-7-9-17(10-8-12)14(15)13-5-3-4-6-13/h12-13,15H,3-11H2,1-2H3. The fraction of sp³-hybridized carbons (Fsp3) is 0.929. The molecule has 1 saturated heterocycles. The number of likely N-dealkylation sites (tertiary alicyclic amines) is 1. The second kappa shape index (κ2) is 5.85. The van der Waals surface area contributed by atoms with Crippen LogP contribution in [0.4, 0.5) is 0 Å². The number of rotatable bonds is 3. The summed E-state index contributed by atoms with van der Waals surface area (Å²) >= 11 is 0. The minimum Gasteiger partial charge on any atom is -0.360 e. The van der Waals surface area contributed by atoms with E-state index in [0.717, 1.165) is 24.8 Å². The fourth-order valence-electron chi connectivity index (χ4n) is 3.33. The van der Waals surface area contributed by atoms with Gasteiger partial charge in [0.05, 0.1) is 5.84 Å². The van der Waals surface area contributed by atoms with Crippen molar-refractivity contribution in [1.82, 2.24) is 9.80 Å². The molecule has 1 saturated carbocycles.